The number of hydrogen-bond acceptors (Lipinski definition) is 8. The number of fused-ring (bicyclic) bond motifs is 3. The molecule has 0 unspecified atom stereocenters. The average Bonchev–Trinajstić information content (AvgIpc) is 3.52. The lowest BCUT2D eigenvalue weighted by Gasteiger charge is -2.11. The van der Waals surface area contributed by atoms with Gasteiger partial charge in [-0.3, -0.25) is 24.3 Å². The van der Waals surface area contributed by atoms with Crippen molar-refractivity contribution in [2.24, 2.45) is 0 Å². The molecule has 168 valence electrons. The van der Waals surface area contributed by atoms with E-state index in [0.717, 1.165) is 36.6 Å². The van der Waals surface area contributed by atoms with Crippen LogP contribution in [0.5, 0.6) is 0 Å². The molecule has 0 bridgehead atoms. The zero-order valence-electron chi connectivity index (χ0n) is 17.3. The number of nitro benzene ring substituents is 1. The van der Waals surface area contributed by atoms with Gasteiger partial charge in [0, 0.05) is 10.9 Å². The molecule has 1 aliphatic rings. The van der Waals surface area contributed by atoms with Crippen LogP contribution in [0.15, 0.2) is 57.0 Å². The third-order valence-corrected chi connectivity index (χ3v) is 7.55. The summed E-state index contributed by atoms with van der Waals surface area (Å²) in [5.41, 5.74) is 0.890. The maximum atomic E-state index is 13.5. The molecule has 0 fully saturated rings. The van der Waals surface area contributed by atoms with E-state index in [2.05, 4.69) is 5.32 Å². The van der Waals surface area contributed by atoms with Gasteiger partial charge in [0.15, 0.2) is 5.16 Å². The molecule has 0 saturated carbocycles. The van der Waals surface area contributed by atoms with Gasteiger partial charge in [0.05, 0.1) is 28.9 Å². The summed E-state index contributed by atoms with van der Waals surface area (Å²) in [5.74, 6) is 0.117. The lowest BCUT2D eigenvalue weighted by molar-refractivity contribution is -0.383. The molecule has 1 N–H and O–H groups in total. The minimum absolute atomic E-state index is 0.0623. The smallest absolute Gasteiger partial charge is 0.292 e. The van der Waals surface area contributed by atoms with Crippen molar-refractivity contribution in [2.75, 3.05) is 11.1 Å². The van der Waals surface area contributed by atoms with Crippen molar-refractivity contribution in [2.45, 2.75) is 31.0 Å². The number of carbonyl (C=O) groups excluding carboxylic acids is 1. The normalized spacial score (nSPS) is 12.7. The second kappa shape index (κ2) is 8.83. The van der Waals surface area contributed by atoms with E-state index in [9.17, 15) is 19.7 Å². The number of amides is 1. The fourth-order valence-electron chi connectivity index (χ4n) is 3.92. The molecule has 0 spiro atoms. The fourth-order valence-corrected chi connectivity index (χ4v) is 6.02. The number of nitrogens with zero attached hydrogens (tertiary/aromatic N) is 3. The average molecular weight is 483 g/mol. The van der Waals surface area contributed by atoms with E-state index >= 15 is 0 Å². The summed E-state index contributed by atoms with van der Waals surface area (Å²) in [4.78, 5) is 43.3. The molecule has 0 radical (unpaired) electrons. The Balaban J connectivity index is 1.44. The van der Waals surface area contributed by atoms with Crippen molar-refractivity contribution < 1.29 is 14.1 Å². The molecular formula is C22H18N4O5S2. The molecule has 0 aliphatic heterocycles. The third-order valence-electron chi connectivity index (χ3n) is 5.39. The highest BCUT2D eigenvalue weighted by Crippen LogP contribution is 2.35. The number of aromatic nitrogens is 2. The van der Waals surface area contributed by atoms with Crippen molar-refractivity contribution in [3.05, 3.63) is 79.3 Å². The monoisotopic (exact) mass is 482 g/mol. The molecule has 1 amide bonds. The summed E-state index contributed by atoms with van der Waals surface area (Å²) in [6.07, 6.45) is 4.41. The molecule has 1 aromatic carbocycles. The molecule has 11 heteroatoms. The van der Waals surface area contributed by atoms with Gasteiger partial charge in [0.25, 0.3) is 11.2 Å². The second-order valence-electron chi connectivity index (χ2n) is 7.51. The number of nitro groups is 1. The first-order valence-electron chi connectivity index (χ1n) is 10.2. The predicted molar refractivity (Wildman–Crippen MR) is 126 cm³/mol. The van der Waals surface area contributed by atoms with Crippen molar-refractivity contribution in [1.82, 2.24) is 9.55 Å². The first-order chi connectivity index (χ1) is 16.0. The molecule has 0 atom stereocenters. The molecular weight excluding hydrogens is 464 g/mol. The third kappa shape index (κ3) is 4.16. The van der Waals surface area contributed by atoms with E-state index in [1.54, 1.807) is 24.5 Å². The molecule has 3 heterocycles. The molecule has 4 aromatic rings. The van der Waals surface area contributed by atoms with Crippen molar-refractivity contribution >= 4 is 50.6 Å². The van der Waals surface area contributed by atoms with Crippen LogP contribution in [0.1, 0.15) is 22.6 Å². The maximum absolute atomic E-state index is 13.5. The van der Waals surface area contributed by atoms with Crippen molar-refractivity contribution in [1.29, 1.82) is 0 Å². The first kappa shape index (κ1) is 21.4. The lowest BCUT2D eigenvalue weighted by atomic mass is 10.2. The number of thiophene rings is 1. The Hall–Kier alpha value is -3.44. The van der Waals surface area contributed by atoms with Gasteiger partial charge in [-0.15, -0.1) is 11.3 Å². The van der Waals surface area contributed by atoms with Gasteiger partial charge < -0.3 is 9.73 Å². The van der Waals surface area contributed by atoms with Crippen LogP contribution < -0.4 is 10.9 Å². The number of para-hydroxylation sites is 2. The van der Waals surface area contributed by atoms with Crippen LogP contribution >= 0.6 is 23.1 Å². The Labute approximate surface area is 195 Å². The standard InChI is InChI=1S/C22H18N4O5S2/c27-18(23-15-7-1-2-8-16(15)26(29)30)12-32-22-24-20-19(14-6-3-9-17(14)33-20)21(28)25(22)11-13-5-4-10-31-13/h1-2,4-5,7-8,10H,3,6,9,11-12H2,(H,23,27). The van der Waals surface area contributed by atoms with Gasteiger partial charge in [0.2, 0.25) is 5.91 Å². The van der Waals surface area contributed by atoms with E-state index in [1.807, 2.05) is 0 Å². The summed E-state index contributed by atoms with van der Waals surface area (Å²) in [5, 5.41) is 14.8. The van der Waals surface area contributed by atoms with E-state index in [1.165, 1.54) is 39.0 Å². The van der Waals surface area contributed by atoms with Crippen LogP contribution in [-0.4, -0.2) is 26.1 Å². The number of carbonyl (C=O) groups is 1. The Morgan fingerprint density at radius 2 is 2.12 bits per heavy atom. The molecule has 1 aliphatic carbocycles. The molecule has 0 saturated heterocycles. The Morgan fingerprint density at radius 1 is 1.27 bits per heavy atom. The zero-order valence-corrected chi connectivity index (χ0v) is 18.9. The second-order valence-corrected chi connectivity index (χ2v) is 9.54. The van der Waals surface area contributed by atoms with Gasteiger partial charge >= 0.3 is 0 Å². The van der Waals surface area contributed by atoms with Crippen LogP contribution in [0.2, 0.25) is 0 Å². The van der Waals surface area contributed by atoms with Crippen LogP contribution in [0, 0.1) is 10.1 Å². The SMILES string of the molecule is O=C(CSc1nc2sc3c(c2c(=O)n1Cc1ccco1)CCC3)Nc1ccccc1[N+](=O)[O-]. The van der Waals surface area contributed by atoms with Crippen LogP contribution in [-0.2, 0) is 24.2 Å². The Bertz CT molecular complexity index is 1420. The largest absolute Gasteiger partial charge is 0.467 e. The lowest BCUT2D eigenvalue weighted by Crippen LogP contribution is -2.24. The quantitative estimate of drug-likeness (QED) is 0.181. The number of aryl methyl sites for hydroxylation is 2. The van der Waals surface area contributed by atoms with E-state index < -0.39 is 10.8 Å². The molecule has 3 aromatic heterocycles. The predicted octanol–water partition coefficient (Wildman–Crippen LogP) is 4.23. The summed E-state index contributed by atoms with van der Waals surface area (Å²) >= 11 is 2.65. The van der Waals surface area contributed by atoms with E-state index in [0.29, 0.717) is 21.1 Å². The highest BCUT2D eigenvalue weighted by atomic mass is 32.2. The molecule has 9 nitrogen and oxygen atoms in total. The van der Waals surface area contributed by atoms with Gasteiger partial charge in [-0.05, 0) is 43.0 Å². The van der Waals surface area contributed by atoms with Gasteiger partial charge in [0.1, 0.15) is 16.3 Å². The van der Waals surface area contributed by atoms with Crippen LogP contribution in [0.4, 0.5) is 11.4 Å². The fraction of sp³-hybridized carbons (Fsp3) is 0.227. The number of hydrogen-bond donors (Lipinski definition) is 1. The Morgan fingerprint density at radius 3 is 2.91 bits per heavy atom. The highest BCUT2D eigenvalue weighted by molar-refractivity contribution is 7.99. The van der Waals surface area contributed by atoms with E-state index in [-0.39, 0.29) is 29.2 Å². The van der Waals surface area contributed by atoms with Gasteiger partial charge in [-0.1, -0.05) is 23.9 Å². The number of rotatable bonds is 7. The summed E-state index contributed by atoms with van der Waals surface area (Å²) in [7, 11) is 0. The summed E-state index contributed by atoms with van der Waals surface area (Å²) in [6, 6.07) is 9.49. The van der Waals surface area contributed by atoms with Crippen molar-refractivity contribution in [3.63, 3.8) is 0 Å². The summed E-state index contributed by atoms with van der Waals surface area (Å²) < 4.78 is 6.97. The molecule has 5 rings (SSSR count). The number of anilines is 1. The summed E-state index contributed by atoms with van der Waals surface area (Å²) in [6.45, 7) is 0.202. The van der Waals surface area contributed by atoms with Crippen LogP contribution in [0.3, 0.4) is 0 Å². The van der Waals surface area contributed by atoms with Gasteiger partial charge in [-0.25, -0.2) is 4.98 Å². The minimum atomic E-state index is -0.546. The van der Waals surface area contributed by atoms with Crippen molar-refractivity contribution in [3.8, 4) is 0 Å². The maximum Gasteiger partial charge on any atom is 0.292 e. The number of thioether (sulfide) groups is 1. The van der Waals surface area contributed by atoms with Crippen LogP contribution in [0.25, 0.3) is 10.2 Å². The van der Waals surface area contributed by atoms with E-state index in [4.69, 9.17) is 9.40 Å². The topological polar surface area (TPSA) is 120 Å². The number of furan rings is 1. The zero-order chi connectivity index (χ0) is 22.9. The number of nitrogens with one attached hydrogen (secondary N) is 1. The number of benzene rings is 1. The Kier molecular flexibility index (Phi) is 5.73. The minimum Gasteiger partial charge on any atom is -0.467 e. The molecule has 33 heavy (non-hydrogen) atoms. The highest BCUT2D eigenvalue weighted by Gasteiger charge is 2.24. The first-order valence-corrected chi connectivity index (χ1v) is 12.0. The van der Waals surface area contributed by atoms with Gasteiger partial charge in [-0.2, -0.15) is 0 Å².